The number of rotatable bonds is 9. The number of anilines is 3. The van der Waals surface area contributed by atoms with Crippen LogP contribution in [-0.4, -0.2) is 35.6 Å². The number of nitrogens with one attached hydrogen (secondary N) is 2. The van der Waals surface area contributed by atoms with Gasteiger partial charge in [0.1, 0.15) is 11.5 Å². The van der Waals surface area contributed by atoms with Crippen LogP contribution in [0.4, 0.5) is 16.5 Å². The van der Waals surface area contributed by atoms with E-state index in [1.54, 1.807) is 7.11 Å². The van der Waals surface area contributed by atoms with Crippen molar-refractivity contribution in [1.82, 2.24) is 10.2 Å². The van der Waals surface area contributed by atoms with Gasteiger partial charge in [0.05, 0.1) is 25.2 Å². The average molecular weight is 417 g/mol. The maximum Gasteiger partial charge on any atom is 0.234 e. The van der Waals surface area contributed by atoms with Crippen LogP contribution in [0.3, 0.4) is 0 Å². The summed E-state index contributed by atoms with van der Waals surface area (Å²) in [5, 5.41) is 14.9. The lowest BCUT2D eigenvalue weighted by molar-refractivity contribution is -0.113. The van der Waals surface area contributed by atoms with Crippen molar-refractivity contribution in [3.05, 3.63) is 48.5 Å². The second-order valence-corrected chi connectivity index (χ2v) is 7.69. The van der Waals surface area contributed by atoms with Crippen molar-refractivity contribution in [2.75, 3.05) is 30.1 Å². The standard InChI is InChI=1S/C19H20N4O3S2/c1-3-26-14-10-8-13(9-11-14)20-17(24)12-27-19-23-22-18(28-19)21-15-6-4-5-7-16(15)25-2/h4-11H,3,12H2,1-2H3,(H,20,24)(H,21,22). The molecule has 146 valence electrons. The van der Waals surface area contributed by atoms with Gasteiger partial charge in [0.25, 0.3) is 0 Å². The highest BCUT2D eigenvalue weighted by molar-refractivity contribution is 8.01. The van der Waals surface area contributed by atoms with Gasteiger partial charge in [-0.25, -0.2) is 0 Å². The van der Waals surface area contributed by atoms with Crippen LogP contribution >= 0.6 is 23.1 Å². The molecular weight excluding hydrogens is 396 g/mol. The van der Waals surface area contributed by atoms with Crippen LogP contribution in [-0.2, 0) is 4.79 Å². The SMILES string of the molecule is CCOc1ccc(NC(=O)CSc2nnc(Nc3ccccc3OC)s2)cc1. The minimum absolute atomic E-state index is 0.108. The first-order chi connectivity index (χ1) is 13.7. The maximum absolute atomic E-state index is 12.1. The van der Waals surface area contributed by atoms with E-state index in [0.29, 0.717) is 16.1 Å². The largest absolute Gasteiger partial charge is 0.495 e. The summed E-state index contributed by atoms with van der Waals surface area (Å²) in [6.07, 6.45) is 0. The van der Waals surface area contributed by atoms with E-state index in [1.807, 2.05) is 55.5 Å². The molecule has 0 aliphatic heterocycles. The molecule has 0 unspecified atom stereocenters. The number of hydrogen-bond acceptors (Lipinski definition) is 8. The van der Waals surface area contributed by atoms with Crippen molar-refractivity contribution in [1.29, 1.82) is 0 Å². The molecule has 7 nitrogen and oxygen atoms in total. The number of hydrogen-bond donors (Lipinski definition) is 2. The molecule has 1 aromatic heterocycles. The summed E-state index contributed by atoms with van der Waals surface area (Å²) < 4.78 is 11.4. The van der Waals surface area contributed by atoms with E-state index in [1.165, 1.54) is 23.1 Å². The molecular formula is C19H20N4O3S2. The molecule has 0 bridgehead atoms. The average Bonchev–Trinajstić information content (AvgIpc) is 3.16. The zero-order chi connectivity index (χ0) is 19.8. The zero-order valence-electron chi connectivity index (χ0n) is 15.5. The van der Waals surface area contributed by atoms with Gasteiger partial charge in [-0.15, -0.1) is 10.2 Å². The summed E-state index contributed by atoms with van der Waals surface area (Å²) in [5.41, 5.74) is 1.54. The Morgan fingerprint density at radius 3 is 2.68 bits per heavy atom. The van der Waals surface area contributed by atoms with E-state index in [4.69, 9.17) is 9.47 Å². The van der Waals surface area contributed by atoms with Crippen molar-refractivity contribution in [3.8, 4) is 11.5 Å². The summed E-state index contributed by atoms with van der Waals surface area (Å²) in [6.45, 7) is 2.54. The third-order valence-corrected chi connectivity index (χ3v) is 5.50. The fourth-order valence-electron chi connectivity index (χ4n) is 2.31. The third-order valence-electron chi connectivity index (χ3n) is 3.53. The first-order valence-electron chi connectivity index (χ1n) is 8.57. The number of ether oxygens (including phenoxy) is 2. The molecule has 3 rings (SSSR count). The molecule has 0 radical (unpaired) electrons. The van der Waals surface area contributed by atoms with Crippen LogP contribution in [0.15, 0.2) is 52.9 Å². The molecule has 3 aromatic rings. The highest BCUT2D eigenvalue weighted by Gasteiger charge is 2.10. The van der Waals surface area contributed by atoms with E-state index in [9.17, 15) is 4.79 Å². The number of carbonyl (C=O) groups is 1. The Kier molecular flexibility index (Phi) is 7.10. The Balaban J connectivity index is 1.50. The van der Waals surface area contributed by atoms with Crippen molar-refractivity contribution < 1.29 is 14.3 Å². The lowest BCUT2D eigenvalue weighted by Crippen LogP contribution is -2.13. The number of aromatic nitrogens is 2. The Morgan fingerprint density at radius 1 is 1.14 bits per heavy atom. The number of thioether (sulfide) groups is 1. The highest BCUT2D eigenvalue weighted by atomic mass is 32.2. The molecule has 0 aliphatic rings. The summed E-state index contributed by atoms with van der Waals surface area (Å²) in [5.74, 6) is 1.64. The summed E-state index contributed by atoms with van der Waals surface area (Å²) in [4.78, 5) is 12.1. The van der Waals surface area contributed by atoms with Crippen LogP contribution in [0.25, 0.3) is 0 Å². The molecule has 1 heterocycles. The molecule has 0 saturated carbocycles. The number of benzene rings is 2. The molecule has 0 atom stereocenters. The second kappa shape index (κ2) is 9.95. The Hall–Kier alpha value is -2.78. The van der Waals surface area contributed by atoms with Crippen LogP contribution < -0.4 is 20.1 Å². The number of amides is 1. The highest BCUT2D eigenvalue weighted by Crippen LogP contribution is 2.31. The maximum atomic E-state index is 12.1. The molecule has 28 heavy (non-hydrogen) atoms. The summed E-state index contributed by atoms with van der Waals surface area (Å²) >= 11 is 2.72. The van der Waals surface area contributed by atoms with Crippen molar-refractivity contribution in [2.45, 2.75) is 11.3 Å². The molecule has 9 heteroatoms. The number of carbonyl (C=O) groups excluding carboxylic acids is 1. The molecule has 2 aromatic carbocycles. The quantitative estimate of drug-likeness (QED) is 0.499. The van der Waals surface area contributed by atoms with Crippen molar-refractivity contribution in [3.63, 3.8) is 0 Å². The van der Waals surface area contributed by atoms with Gasteiger partial charge in [-0.1, -0.05) is 35.2 Å². The second-order valence-electron chi connectivity index (χ2n) is 5.49. The van der Waals surface area contributed by atoms with Gasteiger partial charge >= 0.3 is 0 Å². The lowest BCUT2D eigenvalue weighted by Gasteiger charge is -2.07. The zero-order valence-corrected chi connectivity index (χ0v) is 17.1. The van der Waals surface area contributed by atoms with Gasteiger partial charge in [0, 0.05) is 5.69 Å². The van der Waals surface area contributed by atoms with E-state index in [0.717, 1.165) is 22.9 Å². The monoisotopic (exact) mass is 416 g/mol. The molecule has 0 fully saturated rings. The van der Waals surface area contributed by atoms with Crippen LogP contribution in [0, 0.1) is 0 Å². The minimum atomic E-state index is -0.108. The van der Waals surface area contributed by atoms with Gasteiger partial charge in [0.15, 0.2) is 4.34 Å². The molecule has 0 aliphatic carbocycles. The van der Waals surface area contributed by atoms with E-state index in [-0.39, 0.29) is 11.7 Å². The van der Waals surface area contributed by atoms with E-state index in [2.05, 4.69) is 20.8 Å². The van der Waals surface area contributed by atoms with E-state index >= 15 is 0 Å². The first kappa shape index (κ1) is 20.0. The topological polar surface area (TPSA) is 85.4 Å². The van der Waals surface area contributed by atoms with E-state index < -0.39 is 0 Å². The molecule has 2 N–H and O–H groups in total. The number of nitrogens with zero attached hydrogens (tertiary/aromatic N) is 2. The predicted molar refractivity (Wildman–Crippen MR) is 113 cm³/mol. The summed E-state index contributed by atoms with van der Waals surface area (Å²) in [6, 6.07) is 14.9. The van der Waals surface area contributed by atoms with Crippen LogP contribution in [0.2, 0.25) is 0 Å². The minimum Gasteiger partial charge on any atom is -0.495 e. The molecule has 0 spiro atoms. The predicted octanol–water partition coefficient (Wildman–Crippen LogP) is 4.42. The molecule has 1 amide bonds. The van der Waals surface area contributed by atoms with Crippen molar-refractivity contribution in [2.24, 2.45) is 0 Å². The first-order valence-corrected chi connectivity index (χ1v) is 10.4. The lowest BCUT2D eigenvalue weighted by atomic mass is 10.3. The van der Waals surface area contributed by atoms with Gasteiger partial charge < -0.3 is 20.1 Å². The van der Waals surface area contributed by atoms with Gasteiger partial charge in [0.2, 0.25) is 11.0 Å². The van der Waals surface area contributed by atoms with Gasteiger partial charge in [-0.05, 0) is 43.3 Å². The number of para-hydroxylation sites is 2. The van der Waals surface area contributed by atoms with Gasteiger partial charge in [-0.2, -0.15) is 0 Å². The van der Waals surface area contributed by atoms with Crippen LogP contribution in [0.1, 0.15) is 6.92 Å². The molecule has 0 saturated heterocycles. The fraction of sp³-hybridized carbons (Fsp3) is 0.211. The third kappa shape index (κ3) is 5.61. The Labute approximate surface area is 171 Å². The number of methoxy groups -OCH3 is 1. The van der Waals surface area contributed by atoms with Crippen molar-refractivity contribution >= 4 is 45.5 Å². The van der Waals surface area contributed by atoms with Gasteiger partial charge in [-0.3, -0.25) is 4.79 Å². The Bertz CT molecular complexity index is 916. The van der Waals surface area contributed by atoms with Crippen LogP contribution in [0.5, 0.6) is 11.5 Å². The fourth-order valence-corrected chi connectivity index (χ4v) is 3.87. The smallest absolute Gasteiger partial charge is 0.234 e. The Morgan fingerprint density at radius 2 is 1.93 bits per heavy atom. The normalized spacial score (nSPS) is 10.4. The summed E-state index contributed by atoms with van der Waals surface area (Å²) in [7, 11) is 1.62.